The molecule has 0 radical (unpaired) electrons. The number of ether oxygens (including phenoxy) is 1. The third-order valence-corrected chi connectivity index (χ3v) is 3.74. The van der Waals surface area contributed by atoms with Gasteiger partial charge >= 0.3 is 5.91 Å². The number of hydrazone groups is 1. The van der Waals surface area contributed by atoms with Gasteiger partial charge in [-0.3, -0.25) is 4.79 Å². The minimum atomic E-state index is -0.501. The molecule has 0 bridgehead atoms. The highest BCUT2D eigenvalue weighted by Crippen LogP contribution is 2.20. The van der Waals surface area contributed by atoms with Gasteiger partial charge < -0.3 is 14.5 Å². The molecule has 1 aromatic carbocycles. The van der Waals surface area contributed by atoms with Crippen LogP contribution < -0.4 is 15.2 Å². The lowest BCUT2D eigenvalue weighted by atomic mass is 10.1. The SMILES string of the molecule is CN(C)c1nc(C(=O)N/N=C/c2ccc3c(c2)COC3)nc(N(C)C)n1. The zero-order valence-electron chi connectivity index (χ0n) is 15.2. The zero-order chi connectivity index (χ0) is 18.7. The first-order valence-electron chi connectivity index (χ1n) is 8.07. The van der Waals surface area contributed by atoms with Gasteiger partial charge in [0.2, 0.25) is 17.7 Å². The molecule has 9 heteroatoms. The van der Waals surface area contributed by atoms with Gasteiger partial charge in [0.1, 0.15) is 0 Å². The largest absolute Gasteiger partial charge is 0.372 e. The quantitative estimate of drug-likeness (QED) is 0.626. The fourth-order valence-corrected chi connectivity index (χ4v) is 2.34. The molecule has 1 N–H and O–H groups in total. The molecule has 2 aromatic rings. The summed E-state index contributed by atoms with van der Waals surface area (Å²) in [7, 11) is 7.19. The Labute approximate surface area is 151 Å². The van der Waals surface area contributed by atoms with E-state index >= 15 is 0 Å². The summed E-state index contributed by atoms with van der Waals surface area (Å²) in [5, 5.41) is 4.00. The minimum absolute atomic E-state index is 0.00639. The molecular weight excluding hydrogens is 334 g/mol. The molecule has 1 amide bonds. The Hall–Kier alpha value is -3.07. The van der Waals surface area contributed by atoms with Crippen LogP contribution in [0.1, 0.15) is 27.3 Å². The van der Waals surface area contributed by atoms with Crippen molar-refractivity contribution in [3.63, 3.8) is 0 Å². The van der Waals surface area contributed by atoms with Crippen LogP contribution in [-0.2, 0) is 18.0 Å². The van der Waals surface area contributed by atoms with Crippen molar-refractivity contribution in [3.05, 3.63) is 40.7 Å². The Morgan fingerprint density at radius 3 is 2.38 bits per heavy atom. The normalized spacial score (nSPS) is 12.9. The van der Waals surface area contributed by atoms with Gasteiger partial charge in [0, 0.05) is 28.2 Å². The number of benzene rings is 1. The average molecular weight is 355 g/mol. The second-order valence-corrected chi connectivity index (χ2v) is 6.27. The number of carbonyl (C=O) groups excluding carboxylic acids is 1. The third kappa shape index (κ3) is 3.94. The van der Waals surface area contributed by atoms with Gasteiger partial charge in [0.15, 0.2) is 0 Å². The summed E-state index contributed by atoms with van der Waals surface area (Å²) in [6.45, 7) is 1.25. The molecule has 2 heterocycles. The van der Waals surface area contributed by atoms with E-state index in [1.54, 1.807) is 44.2 Å². The summed E-state index contributed by atoms with van der Waals surface area (Å²) >= 11 is 0. The molecule has 9 nitrogen and oxygen atoms in total. The second kappa shape index (κ2) is 7.44. The lowest BCUT2D eigenvalue weighted by Crippen LogP contribution is -2.25. The minimum Gasteiger partial charge on any atom is -0.372 e. The summed E-state index contributed by atoms with van der Waals surface area (Å²) in [5.74, 6) is 0.305. The predicted octanol–water partition coefficient (Wildman–Crippen LogP) is 0.798. The van der Waals surface area contributed by atoms with E-state index in [0.29, 0.717) is 25.1 Å². The topological polar surface area (TPSA) is 95.8 Å². The second-order valence-electron chi connectivity index (χ2n) is 6.27. The molecule has 1 aliphatic rings. The monoisotopic (exact) mass is 355 g/mol. The number of hydrogen-bond acceptors (Lipinski definition) is 8. The number of aromatic nitrogens is 3. The maximum absolute atomic E-state index is 12.3. The fraction of sp³-hybridized carbons (Fsp3) is 0.353. The average Bonchev–Trinajstić information content (AvgIpc) is 3.08. The van der Waals surface area contributed by atoms with Gasteiger partial charge in [-0.1, -0.05) is 12.1 Å². The number of fused-ring (bicyclic) bond motifs is 1. The number of hydrogen-bond donors (Lipinski definition) is 1. The highest BCUT2D eigenvalue weighted by Gasteiger charge is 2.15. The summed E-state index contributed by atoms with van der Waals surface area (Å²) < 4.78 is 5.39. The van der Waals surface area contributed by atoms with E-state index in [1.807, 2.05) is 18.2 Å². The number of amides is 1. The van der Waals surface area contributed by atoms with E-state index in [1.165, 1.54) is 5.56 Å². The third-order valence-electron chi connectivity index (χ3n) is 3.74. The van der Waals surface area contributed by atoms with E-state index in [2.05, 4.69) is 25.5 Å². The van der Waals surface area contributed by atoms with Crippen LogP contribution in [0.15, 0.2) is 23.3 Å². The first-order chi connectivity index (χ1) is 12.4. The molecule has 0 aliphatic carbocycles. The van der Waals surface area contributed by atoms with Gasteiger partial charge in [0.05, 0.1) is 19.4 Å². The highest BCUT2D eigenvalue weighted by atomic mass is 16.5. The van der Waals surface area contributed by atoms with Gasteiger partial charge in [0.25, 0.3) is 0 Å². The van der Waals surface area contributed by atoms with Gasteiger partial charge in [-0.15, -0.1) is 0 Å². The van der Waals surface area contributed by atoms with Crippen LogP contribution in [0.2, 0.25) is 0 Å². The highest BCUT2D eigenvalue weighted by molar-refractivity contribution is 5.92. The number of nitrogens with zero attached hydrogens (tertiary/aromatic N) is 6. The van der Waals surface area contributed by atoms with Crippen molar-refractivity contribution in [3.8, 4) is 0 Å². The molecule has 0 spiro atoms. The van der Waals surface area contributed by atoms with Crippen molar-refractivity contribution in [2.45, 2.75) is 13.2 Å². The molecule has 1 aliphatic heterocycles. The summed E-state index contributed by atoms with van der Waals surface area (Å²) in [6.07, 6.45) is 1.58. The Bertz CT molecular complexity index is 823. The number of anilines is 2. The van der Waals surface area contributed by atoms with Crippen molar-refractivity contribution in [2.75, 3.05) is 38.0 Å². The molecule has 0 saturated heterocycles. The smallest absolute Gasteiger partial charge is 0.309 e. The first kappa shape index (κ1) is 17.7. The van der Waals surface area contributed by atoms with E-state index in [-0.39, 0.29) is 5.82 Å². The molecule has 0 fully saturated rings. The van der Waals surface area contributed by atoms with Crippen molar-refractivity contribution in [2.24, 2.45) is 5.10 Å². The maximum atomic E-state index is 12.3. The fourth-order valence-electron chi connectivity index (χ4n) is 2.34. The maximum Gasteiger partial charge on any atom is 0.309 e. The van der Waals surface area contributed by atoms with Gasteiger partial charge in [-0.05, 0) is 22.8 Å². The lowest BCUT2D eigenvalue weighted by Gasteiger charge is -2.15. The Morgan fingerprint density at radius 2 is 1.73 bits per heavy atom. The van der Waals surface area contributed by atoms with E-state index in [9.17, 15) is 4.79 Å². The standard InChI is InChI=1S/C17H21N7O2/c1-23(2)16-19-14(20-17(21-16)24(3)4)15(25)22-18-8-11-5-6-12-9-26-10-13(12)7-11/h5-8H,9-10H2,1-4H3,(H,22,25)/b18-8+. The summed E-state index contributed by atoms with van der Waals surface area (Å²) in [6, 6.07) is 5.93. The summed E-state index contributed by atoms with van der Waals surface area (Å²) in [4.78, 5) is 28.4. The molecule has 3 rings (SSSR count). The molecule has 136 valence electrons. The molecule has 0 saturated carbocycles. The van der Waals surface area contributed by atoms with E-state index in [0.717, 1.165) is 11.1 Å². The number of rotatable bonds is 5. The molecule has 0 atom stereocenters. The van der Waals surface area contributed by atoms with Crippen LogP contribution in [-0.4, -0.2) is 55.3 Å². The van der Waals surface area contributed by atoms with Crippen LogP contribution in [0.3, 0.4) is 0 Å². The van der Waals surface area contributed by atoms with Crippen LogP contribution in [0.25, 0.3) is 0 Å². The summed E-state index contributed by atoms with van der Waals surface area (Å²) in [5.41, 5.74) is 5.67. The van der Waals surface area contributed by atoms with E-state index in [4.69, 9.17) is 4.74 Å². The molecule has 0 unspecified atom stereocenters. The van der Waals surface area contributed by atoms with E-state index < -0.39 is 5.91 Å². The van der Waals surface area contributed by atoms with Crippen LogP contribution >= 0.6 is 0 Å². The first-order valence-corrected chi connectivity index (χ1v) is 8.07. The van der Waals surface area contributed by atoms with Crippen LogP contribution in [0, 0.1) is 0 Å². The van der Waals surface area contributed by atoms with Crippen molar-refractivity contribution < 1.29 is 9.53 Å². The lowest BCUT2D eigenvalue weighted by molar-refractivity contribution is 0.0944. The molecular formula is C17H21N7O2. The molecule has 26 heavy (non-hydrogen) atoms. The Balaban J connectivity index is 1.73. The van der Waals surface area contributed by atoms with Crippen molar-refractivity contribution in [1.82, 2.24) is 20.4 Å². The number of carbonyl (C=O) groups is 1. The Kier molecular flexibility index (Phi) is 5.08. The van der Waals surface area contributed by atoms with Gasteiger partial charge in [-0.25, -0.2) is 5.43 Å². The molecule has 1 aromatic heterocycles. The van der Waals surface area contributed by atoms with Crippen LogP contribution in [0.5, 0.6) is 0 Å². The number of nitrogens with one attached hydrogen (secondary N) is 1. The zero-order valence-corrected chi connectivity index (χ0v) is 15.2. The van der Waals surface area contributed by atoms with Crippen LogP contribution in [0.4, 0.5) is 11.9 Å². The van der Waals surface area contributed by atoms with Crippen molar-refractivity contribution in [1.29, 1.82) is 0 Å². The Morgan fingerprint density at radius 1 is 1.08 bits per heavy atom. The van der Waals surface area contributed by atoms with Gasteiger partial charge in [-0.2, -0.15) is 20.1 Å². The predicted molar refractivity (Wildman–Crippen MR) is 98.5 cm³/mol. The van der Waals surface area contributed by atoms with Crippen molar-refractivity contribution >= 4 is 24.0 Å².